The fraction of sp³-hybridized carbons (Fsp3) is 0.244. The van der Waals surface area contributed by atoms with Crippen LogP contribution in [0, 0.1) is 6.92 Å². The molecule has 12 rings (SSSR count). The molecule has 2 saturated heterocycles. The Morgan fingerprint density at radius 2 is 0.939 bits per heavy atom. The molecule has 98 heavy (non-hydrogen) atoms. The number of hydrogen-bond acceptors (Lipinski definition) is 14. The van der Waals surface area contributed by atoms with Crippen LogP contribution in [0.25, 0.3) is 10.8 Å². The van der Waals surface area contributed by atoms with Gasteiger partial charge in [-0.2, -0.15) is 0 Å². The molecule has 14 nitrogen and oxygen atoms in total. The number of hydrogen-bond donors (Lipinski definition) is 1. The van der Waals surface area contributed by atoms with Crippen molar-refractivity contribution >= 4 is 65.0 Å². The molecule has 10 atom stereocenters. The number of esters is 3. The lowest BCUT2D eigenvalue weighted by molar-refractivity contribution is -0.324. The van der Waals surface area contributed by atoms with E-state index in [0.29, 0.717) is 5.56 Å². The molecule has 0 aromatic heterocycles. The maximum absolute atomic E-state index is 15.2. The molecule has 500 valence electrons. The third-order valence-electron chi connectivity index (χ3n) is 17.7. The first-order valence-corrected chi connectivity index (χ1v) is 35.8. The van der Waals surface area contributed by atoms with E-state index in [4.69, 9.17) is 42.3 Å². The predicted octanol–water partition coefficient (Wildman–Crippen LogP) is 13.9. The summed E-state index contributed by atoms with van der Waals surface area (Å²) in [7, 11) is -3.43. The third-order valence-corrected chi connectivity index (χ3v) is 23.8. The van der Waals surface area contributed by atoms with Gasteiger partial charge in [-0.3, -0.25) is 4.79 Å². The summed E-state index contributed by atoms with van der Waals surface area (Å²) in [5.41, 5.74) is 3.09. The van der Waals surface area contributed by atoms with Crippen LogP contribution in [0.1, 0.15) is 74.1 Å². The van der Waals surface area contributed by atoms with Crippen molar-refractivity contribution in [2.75, 3.05) is 13.2 Å². The summed E-state index contributed by atoms with van der Waals surface area (Å²) in [6.07, 6.45) is -10.7. The summed E-state index contributed by atoms with van der Waals surface area (Å²) in [6.45, 7) is 7.95. The number of thioether (sulfide) groups is 1. The van der Waals surface area contributed by atoms with Crippen LogP contribution in [0.15, 0.2) is 284 Å². The lowest BCUT2D eigenvalue weighted by atomic mass is 9.94. The van der Waals surface area contributed by atoms with Gasteiger partial charge in [0.2, 0.25) is 5.91 Å². The lowest BCUT2D eigenvalue weighted by Gasteiger charge is -2.51. The van der Waals surface area contributed by atoms with E-state index in [-0.39, 0.29) is 42.9 Å². The van der Waals surface area contributed by atoms with Crippen LogP contribution in [0.3, 0.4) is 0 Å². The van der Waals surface area contributed by atoms with Gasteiger partial charge >= 0.3 is 17.9 Å². The highest BCUT2D eigenvalue weighted by molar-refractivity contribution is 7.99. The second-order valence-electron chi connectivity index (χ2n) is 25.5. The smallest absolute Gasteiger partial charge is 0.338 e. The summed E-state index contributed by atoms with van der Waals surface area (Å²) in [6, 6.07) is 85.7. The van der Waals surface area contributed by atoms with E-state index in [1.807, 2.05) is 177 Å². The Morgan fingerprint density at radius 3 is 1.51 bits per heavy atom. The minimum absolute atomic E-state index is 0.00220. The summed E-state index contributed by atoms with van der Waals surface area (Å²) in [5.74, 6) is -2.54. The Bertz CT molecular complexity index is 4180. The van der Waals surface area contributed by atoms with Gasteiger partial charge < -0.3 is 47.6 Å². The Labute approximate surface area is 577 Å². The minimum atomic E-state index is -3.43. The van der Waals surface area contributed by atoms with E-state index < -0.39 is 104 Å². The van der Waals surface area contributed by atoms with E-state index in [1.165, 1.54) is 11.8 Å². The molecule has 0 aliphatic carbocycles. The first-order valence-electron chi connectivity index (χ1n) is 33.0. The molecule has 2 fully saturated rings. The van der Waals surface area contributed by atoms with Crippen molar-refractivity contribution in [1.82, 2.24) is 5.32 Å². The molecular formula is C82H79NO13SSi. The molecule has 0 radical (unpaired) electrons. The SMILES string of the molecule is Cc1ccc(S[C@@H]2O[C@H](CO[Si](c3ccccc3)(c3ccccc3)C(C)(C)C)[C@@H](O[C@H]3O[C@H](COC(=O)c4ccccc4)[C@@H](OCc4ccc5ccccc5c4)[C@H](OC(=O)c4ccccc4)[C@H]3NC(=O)Cc3ccccc3)[C@H](OCc3ccccc3)[C@H]2OC(=O)c2ccccc2)cc1. The first-order chi connectivity index (χ1) is 47.8. The molecule has 16 heteroatoms. The molecule has 0 spiro atoms. The summed E-state index contributed by atoms with van der Waals surface area (Å²) < 4.78 is 64.9. The quantitative estimate of drug-likeness (QED) is 0.0327. The van der Waals surface area contributed by atoms with Crippen molar-refractivity contribution in [3.8, 4) is 0 Å². The van der Waals surface area contributed by atoms with Crippen molar-refractivity contribution in [3.63, 3.8) is 0 Å². The Hall–Kier alpha value is -9.33. The summed E-state index contributed by atoms with van der Waals surface area (Å²) in [5, 5.41) is 6.72. The van der Waals surface area contributed by atoms with Gasteiger partial charge in [-0.1, -0.05) is 263 Å². The van der Waals surface area contributed by atoms with Gasteiger partial charge in [-0.15, -0.1) is 0 Å². The van der Waals surface area contributed by atoms with Crippen LogP contribution in [0.5, 0.6) is 0 Å². The number of rotatable bonds is 25. The van der Waals surface area contributed by atoms with Crippen LogP contribution in [-0.2, 0) is 66.8 Å². The number of carbonyl (C=O) groups excluding carboxylic acids is 4. The highest BCUT2D eigenvalue weighted by Crippen LogP contribution is 2.43. The maximum Gasteiger partial charge on any atom is 0.338 e. The van der Waals surface area contributed by atoms with Crippen LogP contribution in [0.4, 0.5) is 0 Å². The molecule has 10 aromatic rings. The molecule has 2 aliphatic rings. The molecule has 1 N–H and O–H groups in total. The molecule has 0 saturated carbocycles. The number of carbonyl (C=O) groups is 4. The number of amides is 1. The van der Waals surface area contributed by atoms with Gasteiger partial charge in [0.05, 0.1) is 42.9 Å². The van der Waals surface area contributed by atoms with E-state index in [2.05, 4.69) is 50.4 Å². The van der Waals surface area contributed by atoms with Gasteiger partial charge in [-0.05, 0) is 104 Å². The second kappa shape index (κ2) is 32.4. The zero-order valence-corrected chi connectivity index (χ0v) is 56.9. The monoisotopic (exact) mass is 1350 g/mol. The predicted molar refractivity (Wildman–Crippen MR) is 380 cm³/mol. The number of nitrogens with one attached hydrogen (secondary N) is 1. The highest BCUT2D eigenvalue weighted by Gasteiger charge is 2.58. The highest BCUT2D eigenvalue weighted by atomic mass is 32.2. The fourth-order valence-corrected chi connectivity index (χ4v) is 18.4. The number of ether oxygens (including phenoxy) is 8. The molecular weight excluding hydrogens is 1270 g/mol. The van der Waals surface area contributed by atoms with Gasteiger partial charge in [0.1, 0.15) is 48.6 Å². The summed E-state index contributed by atoms with van der Waals surface area (Å²) in [4.78, 5) is 60.3. The Morgan fingerprint density at radius 1 is 0.459 bits per heavy atom. The maximum atomic E-state index is 15.2. The van der Waals surface area contributed by atoms with Crippen molar-refractivity contribution < 1.29 is 61.5 Å². The van der Waals surface area contributed by atoms with Crippen LogP contribution in [-0.4, -0.2) is 106 Å². The average Bonchev–Trinajstić information content (AvgIpc) is 0.750. The molecule has 2 heterocycles. The van der Waals surface area contributed by atoms with Crippen molar-refractivity contribution in [2.45, 2.75) is 118 Å². The zero-order valence-electron chi connectivity index (χ0n) is 55.1. The standard InChI is InChI=1S/C82H79NO13SSi/c1-56-44-48-65(49-45-56)97-81-76(95-79(87)63-37-20-9-21-38-63)75(89-52-58-30-14-6-15-31-58)73(69(93-81)55-91-98(82(2,3)4,66-40-22-10-23-41-66)67-42-24-11-25-43-67)96-80-71(83-70(84)51-57-28-12-5-13-29-57)74(94-78(86)62-35-18-8-19-36-62)72(68(92-80)54-90-77(85)61-33-16-7-17-34-61)88-53-59-46-47-60-32-26-27-39-64(60)50-59/h5-50,68-69,71-76,80-81H,51-55H2,1-4H3,(H,83,84)/t68-,69-,71-,72-,73-,74-,75+,76-,80-,81+/m1/s1. The van der Waals surface area contributed by atoms with Gasteiger partial charge in [0, 0.05) is 4.90 Å². The zero-order chi connectivity index (χ0) is 67.9. The number of fused-ring (bicyclic) bond motifs is 1. The Balaban J connectivity index is 1.04. The van der Waals surface area contributed by atoms with E-state index >= 15 is 9.59 Å². The Kier molecular flexibility index (Phi) is 22.6. The largest absolute Gasteiger partial charge is 0.459 e. The first kappa shape index (κ1) is 68.6. The molecule has 0 unspecified atom stereocenters. The van der Waals surface area contributed by atoms with E-state index in [9.17, 15) is 9.59 Å². The van der Waals surface area contributed by atoms with Crippen molar-refractivity contribution in [2.24, 2.45) is 0 Å². The number of benzene rings is 10. The van der Waals surface area contributed by atoms with Crippen LogP contribution < -0.4 is 15.7 Å². The topological polar surface area (TPSA) is 163 Å². The minimum Gasteiger partial charge on any atom is -0.459 e. The van der Waals surface area contributed by atoms with Crippen LogP contribution >= 0.6 is 11.8 Å². The third kappa shape index (κ3) is 16.8. The average molecular weight is 1350 g/mol. The second-order valence-corrected chi connectivity index (χ2v) is 31.0. The molecule has 10 aromatic carbocycles. The van der Waals surface area contributed by atoms with E-state index in [1.54, 1.807) is 84.9 Å². The van der Waals surface area contributed by atoms with Gasteiger partial charge in [0.25, 0.3) is 8.32 Å². The lowest BCUT2D eigenvalue weighted by Crippen LogP contribution is -2.70. The van der Waals surface area contributed by atoms with Crippen molar-refractivity contribution in [3.05, 3.63) is 318 Å². The normalized spacial score (nSPS) is 20.9. The molecule has 1 amide bonds. The van der Waals surface area contributed by atoms with Crippen molar-refractivity contribution in [1.29, 1.82) is 0 Å². The van der Waals surface area contributed by atoms with Gasteiger partial charge in [0.15, 0.2) is 18.5 Å². The summed E-state index contributed by atoms with van der Waals surface area (Å²) >= 11 is 1.36. The fourth-order valence-electron chi connectivity index (χ4n) is 12.8. The van der Waals surface area contributed by atoms with Gasteiger partial charge in [-0.25, -0.2) is 14.4 Å². The van der Waals surface area contributed by atoms with Crippen LogP contribution in [0.2, 0.25) is 5.04 Å². The molecule has 0 bridgehead atoms. The molecule has 2 aliphatic heterocycles. The number of aryl methyl sites for hydroxylation is 1. The van der Waals surface area contributed by atoms with E-state index in [0.717, 1.165) is 42.7 Å².